The average molecular weight is 213 g/mol. The summed E-state index contributed by atoms with van der Waals surface area (Å²) in [6, 6.07) is 0.760. The van der Waals surface area contributed by atoms with Crippen LogP contribution in [0, 0.1) is 0 Å². The molecule has 3 nitrogen and oxygen atoms in total. The van der Waals surface area contributed by atoms with Crippen LogP contribution in [0.15, 0.2) is 0 Å². The monoisotopic (exact) mass is 213 g/mol. The molecule has 3 heteroatoms. The quantitative estimate of drug-likeness (QED) is 0.681. The summed E-state index contributed by atoms with van der Waals surface area (Å²) in [4.78, 5) is 0. The van der Waals surface area contributed by atoms with Gasteiger partial charge in [0.05, 0.1) is 19.3 Å². The van der Waals surface area contributed by atoms with E-state index >= 15 is 0 Å². The number of hydrogen-bond acceptors (Lipinski definition) is 3. The largest absolute Gasteiger partial charge is 0.377 e. The fourth-order valence-corrected chi connectivity index (χ4v) is 2.46. The Bertz CT molecular complexity index is 145. The van der Waals surface area contributed by atoms with E-state index in [0.717, 1.165) is 32.4 Å². The van der Waals surface area contributed by atoms with Gasteiger partial charge in [-0.25, -0.2) is 0 Å². The first-order valence-electron chi connectivity index (χ1n) is 6.38. The minimum Gasteiger partial charge on any atom is -0.377 e. The van der Waals surface area contributed by atoms with E-state index < -0.39 is 0 Å². The SMILES string of the molecule is C1CCC(NCCOCC2CCCO2)C1. The van der Waals surface area contributed by atoms with Gasteiger partial charge in [0.1, 0.15) is 0 Å². The molecule has 1 unspecified atom stereocenters. The summed E-state index contributed by atoms with van der Waals surface area (Å²) in [6.07, 6.45) is 8.25. The Kier molecular flexibility index (Phi) is 4.90. The summed E-state index contributed by atoms with van der Waals surface area (Å²) in [5.41, 5.74) is 0. The Morgan fingerprint density at radius 1 is 1.13 bits per heavy atom. The lowest BCUT2D eigenvalue weighted by Gasteiger charge is -2.13. The third-order valence-corrected chi connectivity index (χ3v) is 3.36. The van der Waals surface area contributed by atoms with E-state index in [0.29, 0.717) is 6.10 Å². The highest BCUT2D eigenvalue weighted by Crippen LogP contribution is 2.17. The van der Waals surface area contributed by atoms with Crippen LogP contribution in [0.1, 0.15) is 38.5 Å². The second-order valence-corrected chi connectivity index (χ2v) is 4.65. The minimum absolute atomic E-state index is 0.372. The van der Waals surface area contributed by atoms with Crippen molar-refractivity contribution in [2.24, 2.45) is 0 Å². The lowest BCUT2D eigenvalue weighted by Crippen LogP contribution is -2.30. The fraction of sp³-hybridized carbons (Fsp3) is 1.00. The Morgan fingerprint density at radius 3 is 2.73 bits per heavy atom. The third kappa shape index (κ3) is 4.09. The molecular formula is C12H23NO2. The molecule has 1 heterocycles. The summed E-state index contributed by atoms with van der Waals surface area (Å²) in [6.45, 7) is 3.54. The molecule has 0 bridgehead atoms. The van der Waals surface area contributed by atoms with Crippen LogP contribution in [-0.2, 0) is 9.47 Å². The van der Waals surface area contributed by atoms with Crippen molar-refractivity contribution in [2.75, 3.05) is 26.4 Å². The van der Waals surface area contributed by atoms with Crippen LogP contribution in [-0.4, -0.2) is 38.5 Å². The molecule has 1 aliphatic heterocycles. The molecule has 2 fully saturated rings. The third-order valence-electron chi connectivity index (χ3n) is 3.36. The first-order valence-corrected chi connectivity index (χ1v) is 6.38. The summed E-state index contributed by atoms with van der Waals surface area (Å²) >= 11 is 0. The fourth-order valence-electron chi connectivity index (χ4n) is 2.46. The molecule has 0 amide bonds. The predicted octanol–water partition coefficient (Wildman–Crippen LogP) is 1.71. The average Bonchev–Trinajstić information content (AvgIpc) is 2.88. The zero-order chi connectivity index (χ0) is 10.3. The molecule has 0 aromatic rings. The van der Waals surface area contributed by atoms with Crippen LogP contribution < -0.4 is 5.32 Å². The van der Waals surface area contributed by atoms with Gasteiger partial charge >= 0.3 is 0 Å². The number of hydrogen-bond donors (Lipinski definition) is 1. The van der Waals surface area contributed by atoms with E-state index in [-0.39, 0.29) is 0 Å². The van der Waals surface area contributed by atoms with Gasteiger partial charge in [-0.15, -0.1) is 0 Å². The second kappa shape index (κ2) is 6.46. The van der Waals surface area contributed by atoms with Crippen LogP contribution in [0.3, 0.4) is 0 Å². The van der Waals surface area contributed by atoms with Crippen molar-refractivity contribution in [2.45, 2.75) is 50.7 Å². The Balaban J connectivity index is 1.41. The van der Waals surface area contributed by atoms with Crippen LogP contribution in [0.5, 0.6) is 0 Å². The van der Waals surface area contributed by atoms with Gasteiger partial charge in [-0.1, -0.05) is 12.8 Å². The highest BCUT2D eigenvalue weighted by molar-refractivity contribution is 4.73. The van der Waals surface area contributed by atoms with Crippen molar-refractivity contribution in [1.82, 2.24) is 5.32 Å². The molecule has 0 aromatic carbocycles. The van der Waals surface area contributed by atoms with Crippen LogP contribution in [0.25, 0.3) is 0 Å². The normalized spacial score (nSPS) is 27.6. The molecule has 0 aromatic heterocycles. The molecule has 2 aliphatic rings. The Hall–Kier alpha value is -0.120. The molecule has 1 atom stereocenters. The van der Waals surface area contributed by atoms with E-state index in [1.165, 1.54) is 38.5 Å². The predicted molar refractivity (Wildman–Crippen MR) is 60.1 cm³/mol. The zero-order valence-electron chi connectivity index (χ0n) is 9.54. The maximum atomic E-state index is 5.59. The van der Waals surface area contributed by atoms with Crippen molar-refractivity contribution in [1.29, 1.82) is 0 Å². The minimum atomic E-state index is 0.372. The van der Waals surface area contributed by atoms with E-state index in [2.05, 4.69) is 5.32 Å². The zero-order valence-corrected chi connectivity index (χ0v) is 9.54. The lowest BCUT2D eigenvalue weighted by atomic mass is 10.2. The summed E-state index contributed by atoms with van der Waals surface area (Å²) in [5.74, 6) is 0. The van der Waals surface area contributed by atoms with Gasteiger partial charge in [-0.2, -0.15) is 0 Å². The molecule has 0 spiro atoms. The van der Waals surface area contributed by atoms with Gasteiger partial charge in [-0.05, 0) is 25.7 Å². The topological polar surface area (TPSA) is 30.5 Å². The number of rotatable bonds is 6. The standard InChI is InChI=1S/C12H23NO2/c1-2-5-11(4-1)13-7-9-14-10-12-6-3-8-15-12/h11-13H,1-10H2. The summed E-state index contributed by atoms with van der Waals surface area (Å²) in [7, 11) is 0. The van der Waals surface area contributed by atoms with Gasteiger partial charge in [-0.3, -0.25) is 0 Å². The van der Waals surface area contributed by atoms with E-state index in [4.69, 9.17) is 9.47 Å². The Morgan fingerprint density at radius 2 is 2.00 bits per heavy atom. The Labute approximate surface area is 92.5 Å². The van der Waals surface area contributed by atoms with Crippen molar-refractivity contribution in [3.8, 4) is 0 Å². The molecule has 88 valence electrons. The van der Waals surface area contributed by atoms with Crippen molar-refractivity contribution in [3.05, 3.63) is 0 Å². The van der Waals surface area contributed by atoms with Gasteiger partial charge < -0.3 is 14.8 Å². The van der Waals surface area contributed by atoms with Crippen molar-refractivity contribution in [3.63, 3.8) is 0 Å². The van der Waals surface area contributed by atoms with Gasteiger partial charge in [0, 0.05) is 19.2 Å². The molecule has 1 aliphatic carbocycles. The first-order chi connectivity index (χ1) is 7.45. The highest BCUT2D eigenvalue weighted by atomic mass is 16.5. The summed E-state index contributed by atoms with van der Waals surface area (Å²) < 4.78 is 11.1. The van der Waals surface area contributed by atoms with E-state index in [9.17, 15) is 0 Å². The van der Waals surface area contributed by atoms with Gasteiger partial charge in [0.15, 0.2) is 0 Å². The van der Waals surface area contributed by atoms with Crippen LogP contribution in [0.2, 0.25) is 0 Å². The second-order valence-electron chi connectivity index (χ2n) is 4.65. The molecule has 1 saturated heterocycles. The van der Waals surface area contributed by atoms with Crippen LogP contribution >= 0.6 is 0 Å². The smallest absolute Gasteiger partial charge is 0.0809 e. The molecule has 1 N–H and O–H groups in total. The molecular weight excluding hydrogens is 190 g/mol. The molecule has 2 rings (SSSR count). The summed E-state index contributed by atoms with van der Waals surface area (Å²) in [5, 5.41) is 3.54. The number of nitrogens with one attached hydrogen (secondary N) is 1. The highest BCUT2D eigenvalue weighted by Gasteiger charge is 2.16. The maximum absolute atomic E-state index is 5.59. The molecule has 0 radical (unpaired) electrons. The van der Waals surface area contributed by atoms with Gasteiger partial charge in [0.2, 0.25) is 0 Å². The number of ether oxygens (including phenoxy) is 2. The van der Waals surface area contributed by atoms with Crippen LogP contribution in [0.4, 0.5) is 0 Å². The van der Waals surface area contributed by atoms with E-state index in [1.807, 2.05) is 0 Å². The van der Waals surface area contributed by atoms with E-state index in [1.54, 1.807) is 0 Å². The van der Waals surface area contributed by atoms with Crippen molar-refractivity contribution < 1.29 is 9.47 Å². The molecule has 15 heavy (non-hydrogen) atoms. The van der Waals surface area contributed by atoms with Gasteiger partial charge in [0.25, 0.3) is 0 Å². The first kappa shape index (κ1) is 11.4. The maximum Gasteiger partial charge on any atom is 0.0809 e. The molecule has 1 saturated carbocycles. The lowest BCUT2D eigenvalue weighted by molar-refractivity contribution is 0.0179. The van der Waals surface area contributed by atoms with Crippen molar-refractivity contribution >= 4 is 0 Å².